The molecule has 0 radical (unpaired) electrons. The summed E-state index contributed by atoms with van der Waals surface area (Å²) < 4.78 is 30.5. The van der Waals surface area contributed by atoms with Crippen LogP contribution in [0.2, 0.25) is 0 Å². The first kappa shape index (κ1) is 22.0. The van der Waals surface area contributed by atoms with Gasteiger partial charge in [0.05, 0.1) is 4.90 Å². The van der Waals surface area contributed by atoms with Crippen molar-refractivity contribution in [3.05, 3.63) is 108 Å². The average molecular weight is 461 g/mol. The van der Waals surface area contributed by atoms with Crippen molar-refractivity contribution in [1.82, 2.24) is 4.98 Å². The van der Waals surface area contributed by atoms with Gasteiger partial charge < -0.3 is 15.1 Å². The van der Waals surface area contributed by atoms with Crippen LogP contribution in [0.1, 0.15) is 26.7 Å². The van der Waals surface area contributed by atoms with E-state index in [1.807, 2.05) is 0 Å². The van der Waals surface area contributed by atoms with E-state index in [1.165, 1.54) is 30.3 Å². The number of rotatable bonds is 7. The molecule has 0 spiro atoms. The number of nitrogens with one attached hydrogen (secondary N) is 2. The summed E-state index contributed by atoms with van der Waals surface area (Å²) in [7, 11) is -3.60. The lowest BCUT2D eigenvalue weighted by Gasteiger charge is -2.08. The van der Waals surface area contributed by atoms with Crippen LogP contribution < -0.4 is 10.6 Å². The van der Waals surface area contributed by atoms with Gasteiger partial charge in [-0.15, -0.1) is 0 Å². The number of carbonyl (C=O) groups is 2. The van der Waals surface area contributed by atoms with Gasteiger partial charge in [0.15, 0.2) is 15.6 Å². The number of carbonyl (C=O) groups excluding carboxylic acids is 2. The van der Waals surface area contributed by atoms with E-state index in [-0.39, 0.29) is 28.1 Å². The monoisotopic (exact) mass is 461 g/mol. The van der Waals surface area contributed by atoms with Crippen LogP contribution in [0, 0.1) is 0 Å². The largest absolute Gasteiger partial charge is 0.455 e. The van der Waals surface area contributed by atoms with Crippen molar-refractivity contribution < 1.29 is 22.4 Å². The Bertz CT molecular complexity index is 1380. The van der Waals surface area contributed by atoms with E-state index in [2.05, 4.69) is 15.6 Å². The number of hydrogen-bond acceptors (Lipinski definition) is 6. The fourth-order valence-corrected chi connectivity index (χ4v) is 4.31. The van der Waals surface area contributed by atoms with Crippen LogP contribution in [0.5, 0.6) is 0 Å². The number of aromatic nitrogens is 1. The Hall–Kier alpha value is -4.24. The number of nitrogens with zero attached hydrogens (tertiary/aromatic N) is 1. The van der Waals surface area contributed by atoms with E-state index < -0.39 is 15.7 Å². The normalized spacial score (nSPS) is 11.0. The van der Waals surface area contributed by atoms with Crippen molar-refractivity contribution in [1.29, 1.82) is 0 Å². The smallest absolute Gasteiger partial charge is 0.291 e. The molecule has 0 aliphatic carbocycles. The van der Waals surface area contributed by atoms with Crippen LogP contribution in [0.4, 0.5) is 11.4 Å². The molecule has 0 unspecified atom stereocenters. The summed E-state index contributed by atoms with van der Waals surface area (Å²) in [6.45, 7) is 0. The standard InChI is InChI=1S/C24H19N3O5S/c28-23(26-18-11-13-25-14-12-18)17-5-4-6-19(15-17)27-24(29)22-10-9-20(32-22)16-33(30,31)21-7-2-1-3-8-21/h1-15H,16H2,(H,27,29)(H,25,26,28). The molecule has 2 amide bonds. The minimum Gasteiger partial charge on any atom is -0.455 e. The van der Waals surface area contributed by atoms with Gasteiger partial charge in [-0.05, 0) is 54.6 Å². The Balaban J connectivity index is 1.42. The van der Waals surface area contributed by atoms with Crippen molar-refractivity contribution in [2.45, 2.75) is 10.6 Å². The van der Waals surface area contributed by atoms with Crippen LogP contribution in [-0.2, 0) is 15.6 Å². The maximum atomic E-state index is 12.6. The Kier molecular flexibility index (Phi) is 6.32. The third-order valence-corrected chi connectivity index (χ3v) is 6.30. The highest BCUT2D eigenvalue weighted by Gasteiger charge is 2.19. The molecule has 0 saturated heterocycles. The minimum atomic E-state index is -3.60. The summed E-state index contributed by atoms with van der Waals surface area (Å²) in [5.41, 5.74) is 1.33. The molecule has 0 aliphatic heterocycles. The molecule has 2 aromatic heterocycles. The lowest BCUT2D eigenvalue weighted by molar-refractivity contribution is 0.0992. The second-order valence-electron chi connectivity index (χ2n) is 7.06. The molecule has 2 N–H and O–H groups in total. The van der Waals surface area contributed by atoms with Crippen molar-refractivity contribution in [2.24, 2.45) is 0 Å². The summed E-state index contributed by atoms with van der Waals surface area (Å²) in [6.07, 6.45) is 3.13. The molecule has 0 bridgehead atoms. The van der Waals surface area contributed by atoms with Crippen LogP contribution in [0.3, 0.4) is 0 Å². The van der Waals surface area contributed by atoms with Gasteiger partial charge in [0, 0.05) is 29.3 Å². The first-order valence-electron chi connectivity index (χ1n) is 9.90. The number of amides is 2. The van der Waals surface area contributed by atoms with Gasteiger partial charge in [0.1, 0.15) is 11.5 Å². The quantitative estimate of drug-likeness (QED) is 0.427. The van der Waals surface area contributed by atoms with E-state index >= 15 is 0 Å². The molecule has 33 heavy (non-hydrogen) atoms. The van der Waals surface area contributed by atoms with Gasteiger partial charge >= 0.3 is 0 Å². The first-order chi connectivity index (χ1) is 15.9. The minimum absolute atomic E-state index is 0.0418. The number of furan rings is 1. The molecule has 0 saturated carbocycles. The van der Waals surface area contributed by atoms with Gasteiger partial charge in [-0.25, -0.2) is 8.42 Å². The average Bonchev–Trinajstić information content (AvgIpc) is 3.28. The van der Waals surface area contributed by atoms with Crippen molar-refractivity contribution in [3.8, 4) is 0 Å². The molecule has 4 rings (SSSR count). The molecule has 0 aliphatic rings. The fraction of sp³-hybridized carbons (Fsp3) is 0.0417. The van der Waals surface area contributed by atoms with Crippen LogP contribution in [-0.4, -0.2) is 25.2 Å². The number of pyridine rings is 1. The summed E-state index contributed by atoms with van der Waals surface area (Å²) >= 11 is 0. The van der Waals surface area contributed by atoms with E-state index in [0.717, 1.165) is 0 Å². The molecule has 9 heteroatoms. The predicted molar refractivity (Wildman–Crippen MR) is 123 cm³/mol. The van der Waals surface area contributed by atoms with E-state index in [0.29, 0.717) is 16.9 Å². The van der Waals surface area contributed by atoms with Crippen LogP contribution >= 0.6 is 0 Å². The topological polar surface area (TPSA) is 118 Å². The molecule has 8 nitrogen and oxygen atoms in total. The number of anilines is 2. The van der Waals surface area contributed by atoms with Gasteiger partial charge in [-0.2, -0.15) is 0 Å². The summed E-state index contributed by atoms with van der Waals surface area (Å²) in [4.78, 5) is 29.1. The number of hydrogen-bond donors (Lipinski definition) is 2. The maximum absolute atomic E-state index is 12.6. The molecule has 4 aromatic rings. The SMILES string of the molecule is O=C(Nc1ccncc1)c1cccc(NC(=O)c2ccc(CS(=O)(=O)c3ccccc3)o2)c1. The second kappa shape index (κ2) is 9.49. The third kappa shape index (κ3) is 5.52. The zero-order chi connectivity index (χ0) is 23.3. The Morgan fingerprint density at radius 3 is 2.27 bits per heavy atom. The molecular weight excluding hydrogens is 442 g/mol. The second-order valence-corrected chi connectivity index (χ2v) is 9.05. The maximum Gasteiger partial charge on any atom is 0.291 e. The van der Waals surface area contributed by atoms with E-state index in [1.54, 1.807) is 60.9 Å². The van der Waals surface area contributed by atoms with E-state index in [4.69, 9.17) is 4.42 Å². The highest BCUT2D eigenvalue weighted by atomic mass is 32.2. The molecule has 0 atom stereocenters. The van der Waals surface area contributed by atoms with Crippen LogP contribution in [0.15, 0.2) is 101 Å². The lowest BCUT2D eigenvalue weighted by atomic mass is 10.2. The van der Waals surface area contributed by atoms with Crippen LogP contribution in [0.25, 0.3) is 0 Å². The van der Waals surface area contributed by atoms with Gasteiger partial charge in [0.2, 0.25) is 0 Å². The summed E-state index contributed by atoms with van der Waals surface area (Å²) in [5, 5.41) is 5.39. The zero-order valence-electron chi connectivity index (χ0n) is 17.3. The zero-order valence-corrected chi connectivity index (χ0v) is 18.1. The van der Waals surface area contributed by atoms with Gasteiger partial charge in [-0.1, -0.05) is 24.3 Å². The predicted octanol–water partition coefficient (Wildman–Crippen LogP) is 4.15. The third-order valence-electron chi connectivity index (χ3n) is 4.64. The highest BCUT2D eigenvalue weighted by molar-refractivity contribution is 7.90. The van der Waals surface area contributed by atoms with Crippen molar-refractivity contribution in [3.63, 3.8) is 0 Å². The van der Waals surface area contributed by atoms with Gasteiger partial charge in [-0.3, -0.25) is 14.6 Å². The lowest BCUT2D eigenvalue weighted by Crippen LogP contribution is -2.14. The number of benzene rings is 2. The Morgan fingerprint density at radius 2 is 1.52 bits per heavy atom. The van der Waals surface area contributed by atoms with Crippen molar-refractivity contribution in [2.75, 3.05) is 10.6 Å². The molecular formula is C24H19N3O5S. The highest BCUT2D eigenvalue weighted by Crippen LogP contribution is 2.19. The van der Waals surface area contributed by atoms with Gasteiger partial charge in [0.25, 0.3) is 11.8 Å². The fourth-order valence-electron chi connectivity index (χ4n) is 3.05. The summed E-state index contributed by atoms with van der Waals surface area (Å²) in [6, 6.07) is 20.6. The molecule has 2 heterocycles. The number of sulfone groups is 1. The summed E-state index contributed by atoms with van der Waals surface area (Å²) in [5.74, 6) is -1.17. The molecule has 2 aromatic carbocycles. The van der Waals surface area contributed by atoms with Crippen molar-refractivity contribution >= 4 is 33.0 Å². The first-order valence-corrected chi connectivity index (χ1v) is 11.6. The Labute approximate surface area is 190 Å². The van der Waals surface area contributed by atoms with E-state index in [9.17, 15) is 18.0 Å². The molecule has 166 valence electrons. The Morgan fingerprint density at radius 1 is 0.788 bits per heavy atom. The molecule has 0 fully saturated rings.